The number of thiazole rings is 1. The number of carbonyl (C=O) groups excluding carboxylic acids is 1. The van der Waals surface area contributed by atoms with Crippen LogP contribution in [-0.2, 0) is 4.79 Å². The number of nitrogens with one attached hydrogen (secondary N) is 1. The predicted octanol–water partition coefficient (Wildman–Crippen LogP) is 6.48. The molecule has 1 aromatic heterocycles. The number of hydrogen-bond acceptors (Lipinski definition) is 5. The van der Waals surface area contributed by atoms with E-state index in [-0.39, 0.29) is 5.91 Å². The minimum absolute atomic E-state index is 0.232. The summed E-state index contributed by atoms with van der Waals surface area (Å²) in [7, 11) is 0. The van der Waals surface area contributed by atoms with Crippen molar-refractivity contribution in [2.45, 2.75) is 43.8 Å². The molecule has 0 atom stereocenters. The number of aromatic nitrogens is 1. The zero-order valence-corrected chi connectivity index (χ0v) is 20.1. The van der Waals surface area contributed by atoms with Gasteiger partial charge in [0.2, 0.25) is 0 Å². The molecule has 0 bridgehead atoms. The lowest BCUT2D eigenvalue weighted by molar-refractivity contribution is -0.138. The Morgan fingerprint density at radius 1 is 1.09 bits per heavy atom. The molecule has 5 nitrogen and oxygen atoms in total. The lowest BCUT2D eigenvalue weighted by atomic mass is 10.1. The number of allylic oxidation sites excluding steroid dienone is 2. The van der Waals surface area contributed by atoms with Crippen LogP contribution in [-0.4, -0.2) is 26.7 Å². The first-order chi connectivity index (χ1) is 15.2. The molecule has 1 amide bonds. The van der Waals surface area contributed by atoms with E-state index in [1.165, 1.54) is 23.1 Å². The Kier molecular flexibility index (Phi) is 7.53. The van der Waals surface area contributed by atoms with Crippen LogP contribution in [0.3, 0.4) is 0 Å². The topological polar surface area (TPSA) is 79.3 Å². The third-order valence-electron chi connectivity index (χ3n) is 4.69. The summed E-state index contributed by atoms with van der Waals surface area (Å²) in [5.74, 6) is -1.09. The Balaban J connectivity index is 1.95. The summed E-state index contributed by atoms with van der Waals surface area (Å²) < 4.78 is -0.918. The van der Waals surface area contributed by atoms with Gasteiger partial charge in [0.05, 0.1) is 4.88 Å². The van der Waals surface area contributed by atoms with Crippen LogP contribution in [0.15, 0.2) is 71.3 Å². The molecule has 166 valence electrons. The predicted molar refractivity (Wildman–Crippen MR) is 132 cm³/mol. The highest BCUT2D eigenvalue weighted by molar-refractivity contribution is 8.01. The zero-order chi connectivity index (χ0) is 23.3. The van der Waals surface area contributed by atoms with Gasteiger partial charge in [-0.2, -0.15) is 0 Å². The SMILES string of the molecule is CC/C=C(\C)NC(=O)c1nc(-c2ccc(SC(C)(C)C(=O)O)cc2)sc1-c1ccccc1. The molecule has 3 rings (SSSR count). The Hall–Kier alpha value is -2.90. The van der Waals surface area contributed by atoms with Gasteiger partial charge in [-0.05, 0) is 44.9 Å². The number of carboxylic acids is 1. The Labute approximate surface area is 196 Å². The normalized spacial score (nSPS) is 11.9. The van der Waals surface area contributed by atoms with Gasteiger partial charge in [-0.3, -0.25) is 9.59 Å². The number of carbonyl (C=O) groups is 2. The fourth-order valence-corrected chi connectivity index (χ4v) is 5.00. The molecule has 0 aliphatic heterocycles. The van der Waals surface area contributed by atoms with Crippen LogP contribution in [0, 0.1) is 0 Å². The van der Waals surface area contributed by atoms with Crippen molar-refractivity contribution in [1.29, 1.82) is 0 Å². The summed E-state index contributed by atoms with van der Waals surface area (Å²) in [4.78, 5) is 30.7. The van der Waals surface area contributed by atoms with Gasteiger partial charge in [-0.1, -0.05) is 55.5 Å². The first-order valence-corrected chi connectivity index (χ1v) is 11.9. The highest BCUT2D eigenvalue weighted by Gasteiger charge is 2.28. The summed E-state index contributed by atoms with van der Waals surface area (Å²) >= 11 is 2.76. The standard InChI is InChI=1S/C25H26N2O3S2/c1-5-9-16(2)26-22(28)20-21(17-10-7-6-8-11-17)31-23(27-20)18-12-14-19(15-13-18)32-25(3,4)24(29)30/h6-15H,5H2,1-4H3,(H,26,28)(H,29,30)/b16-9+. The van der Waals surface area contributed by atoms with E-state index in [1.807, 2.05) is 74.5 Å². The second-order valence-electron chi connectivity index (χ2n) is 7.75. The summed E-state index contributed by atoms with van der Waals surface area (Å²) in [5, 5.41) is 13.0. The Bertz CT molecular complexity index is 1130. The molecule has 0 fully saturated rings. The molecule has 0 spiro atoms. The van der Waals surface area contributed by atoms with Crippen molar-refractivity contribution in [3.8, 4) is 21.0 Å². The first kappa shape index (κ1) is 23.8. The van der Waals surface area contributed by atoms with E-state index in [0.717, 1.165) is 38.0 Å². The van der Waals surface area contributed by atoms with Gasteiger partial charge in [0.25, 0.3) is 5.91 Å². The molecule has 2 N–H and O–H groups in total. The van der Waals surface area contributed by atoms with Gasteiger partial charge in [0.1, 0.15) is 15.4 Å². The van der Waals surface area contributed by atoms with Gasteiger partial charge < -0.3 is 10.4 Å². The van der Waals surface area contributed by atoms with Crippen molar-refractivity contribution < 1.29 is 14.7 Å². The second kappa shape index (κ2) is 10.1. The molecule has 0 saturated heterocycles. The van der Waals surface area contributed by atoms with Gasteiger partial charge in [-0.25, -0.2) is 4.98 Å². The molecule has 1 heterocycles. The van der Waals surface area contributed by atoms with E-state index < -0.39 is 10.7 Å². The minimum atomic E-state index is -0.918. The lowest BCUT2D eigenvalue weighted by Gasteiger charge is -2.18. The summed E-state index contributed by atoms with van der Waals surface area (Å²) in [6.07, 6.45) is 2.80. The molecule has 32 heavy (non-hydrogen) atoms. The zero-order valence-electron chi connectivity index (χ0n) is 18.5. The first-order valence-electron chi connectivity index (χ1n) is 10.3. The molecule has 0 aliphatic carbocycles. The highest BCUT2D eigenvalue weighted by Crippen LogP contribution is 2.38. The van der Waals surface area contributed by atoms with Crippen molar-refractivity contribution in [2.24, 2.45) is 0 Å². The van der Waals surface area contributed by atoms with Crippen LogP contribution < -0.4 is 5.32 Å². The smallest absolute Gasteiger partial charge is 0.319 e. The maximum absolute atomic E-state index is 13.0. The number of aliphatic carboxylic acids is 1. The van der Waals surface area contributed by atoms with Crippen LogP contribution in [0.2, 0.25) is 0 Å². The van der Waals surface area contributed by atoms with Crippen LogP contribution in [0.25, 0.3) is 21.0 Å². The monoisotopic (exact) mass is 466 g/mol. The largest absolute Gasteiger partial charge is 0.480 e. The van der Waals surface area contributed by atoms with Crippen LogP contribution in [0.5, 0.6) is 0 Å². The third-order valence-corrected chi connectivity index (χ3v) is 7.03. The Morgan fingerprint density at radius 2 is 1.75 bits per heavy atom. The minimum Gasteiger partial charge on any atom is -0.480 e. The van der Waals surface area contributed by atoms with E-state index >= 15 is 0 Å². The molecule has 3 aromatic rings. The average Bonchev–Trinajstić information content (AvgIpc) is 3.20. The van der Waals surface area contributed by atoms with Crippen LogP contribution in [0.4, 0.5) is 0 Å². The molecular formula is C25H26N2O3S2. The number of hydrogen-bond donors (Lipinski definition) is 2. The van der Waals surface area contributed by atoms with Gasteiger partial charge in [-0.15, -0.1) is 23.1 Å². The number of nitrogens with zero attached hydrogens (tertiary/aromatic N) is 1. The quantitative estimate of drug-likeness (QED) is 0.372. The molecular weight excluding hydrogens is 440 g/mol. The van der Waals surface area contributed by atoms with Gasteiger partial charge >= 0.3 is 5.97 Å². The number of benzene rings is 2. The van der Waals surface area contributed by atoms with Gasteiger partial charge in [0.15, 0.2) is 0 Å². The van der Waals surface area contributed by atoms with E-state index in [4.69, 9.17) is 0 Å². The fraction of sp³-hybridized carbons (Fsp3) is 0.240. The van der Waals surface area contributed by atoms with Crippen molar-refractivity contribution in [1.82, 2.24) is 10.3 Å². The van der Waals surface area contributed by atoms with E-state index in [9.17, 15) is 14.7 Å². The van der Waals surface area contributed by atoms with E-state index in [2.05, 4.69) is 10.3 Å². The number of thioether (sulfide) groups is 1. The van der Waals surface area contributed by atoms with Crippen molar-refractivity contribution in [2.75, 3.05) is 0 Å². The summed E-state index contributed by atoms with van der Waals surface area (Å²) in [6, 6.07) is 17.4. The van der Waals surface area contributed by atoms with E-state index in [1.54, 1.807) is 13.8 Å². The fourth-order valence-electron chi connectivity index (χ4n) is 2.98. The van der Waals surface area contributed by atoms with Crippen LogP contribution >= 0.6 is 23.1 Å². The van der Waals surface area contributed by atoms with Crippen molar-refractivity contribution in [3.05, 3.63) is 72.1 Å². The number of rotatable bonds is 8. The third kappa shape index (κ3) is 5.66. The van der Waals surface area contributed by atoms with E-state index in [0.29, 0.717) is 5.69 Å². The molecule has 2 aromatic carbocycles. The molecule has 0 unspecified atom stereocenters. The van der Waals surface area contributed by atoms with Crippen LogP contribution in [0.1, 0.15) is 44.6 Å². The lowest BCUT2D eigenvalue weighted by Crippen LogP contribution is -2.26. The molecule has 0 aliphatic rings. The highest BCUT2D eigenvalue weighted by atomic mass is 32.2. The molecule has 0 saturated carbocycles. The average molecular weight is 467 g/mol. The molecule has 7 heteroatoms. The van der Waals surface area contributed by atoms with Crippen molar-refractivity contribution >= 4 is 35.0 Å². The maximum Gasteiger partial charge on any atom is 0.319 e. The Morgan fingerprint density at radius 3 is 2.34 bits per heavy atom. The van der Waals surface area contributed by atoms with Crippen molar-refractivity contribution in [3.63, 3.8) is 0 Å². The number of carboxylic acid groups (broad SMARTS) is 1. The van der Waals surface area contributed by atoms with Gasteiger partial charge in [0, 0.05) is 16.2 Å². The summed E-state index contributed by atoms with van der Waals surface area (Å²) in [5.41, 5.74) is 3.01. The summed E-state index contributed by atoms with van der Waals surface area (Å²) in [6.45, 7) is 7.25. The number of amides is 1. The molecule has 0 radical (unpaired) electrons. The second-order valence-corrected chi connectivity index (χ2v) is 10.4. The maximum atomic E-state index is 13.0.